The van der Waals surface area contributed by atoms with Crippen LogP contribution in [0.1, 0.15) is 27.2 Å². The molecule has 0 bridgehead atoms. The zero-order valence-corrected chi connectivity index (χ0v) is 24.3. The molecule has 0 saturated heterocycles. The molecule has 0 fully saturated rings. The molecule has 238 valence electrons. The number of fused-ring (bicyclic) bond motifs is 2. The SMILES string of the molecule is Cn1cnc2cc(-c3cccn4c(C(=O)c5ccc(NS(=O)(=O)c6c(F)c(F)c(C#N)c(F)c6F)cc5)ccc34)c(C(F)(F)F)cc21. The maximum absolute atomic E-state index is 14.4. The van der Waals surface area contributed by atoms with E-state index in [9.17, 15) is 43.9 Å². The number of nitriles is 1. The van der Waals surface area contributed by atoms with Gasteiger partial charge in [0, 0.05) is 30.1 Å². The zero-order valence-electron chi connectivity index (χ0n) is 23.5. The Balaban J connectivity index is 1.34. The maximum atomic E-state index is 14.4. The van der Waals surface area contributed by atoms with Gasteiger partial charge < -0.3 is 8.97 Å². The first-order valence-electron chi connectivity index (χ1n) is 13.2. The summed E-state index contributed by atoms with van der Waals surface area (Å²) < 4.78 is 129. The molecule has 8 nitrogen and oxygen atoms in total. The van der Waals surface area contributed by atoms with Gasteiger partial charge in [0.1, 0.15) is 11.6 Å². The Morgan fingerprint density at radius 2 is 1.55 bits per heavy atom. The number of aromatic nitrogens is 3. The highest BCUT2D eigenvalue weighted by Gasteiger charge is 2.36. The van der Waals surface area contributed by atoms with Gasteiger partial charge in [-0.05, 0) is 60.2 Å². The Kier molecular flexibility index (Phi) is 7.31. The molecule has 0 unspecified atom stereocenters. The van der Waals surface area contributed by atoms with E-state index < -0.39 is 61.3 Å². The molecule has 3 heterocycles. The van der Waals surface area contributed by atoms with Crippen molar-refractivity contribution in [1.29, 1.82) is 5.26 Å². The number of aryl methyl sites for hydroxylation is 1. The molecule has 0 atom stereocenters. The standard InChI is InChI=1S/C31H16F7N5O3S/c1-42-14-40-21-11-18(20(12-24(21)42)31(36,37)38)17-3-2-10-43-22(17)8-9-23(43)29(44)15-4-6-16(7-5-15)41-47(45,46)30-27(34)25(32)19(13-39)26(33)28(30)35/h2-12,14,41H,1H3. The number of carbonyl (C=O) groups is 1. The molecule has 0 aliphatic carbocycles. The van der Waals surface area contributed by atoms with E-state index in [2.05, 4.69) is 4.98 Å². The summed E-state index contributed by atoms with van der Waals surface area (Å²) in [4.78, 5) is 15.6. The monoisotopic (exact) mass is 671 g/mol. The molecule has 16 heteroatoms. The van der Waals surface area contributed by atoms with Gasteiger partial charge in [0.25, 0.3) is 10.0 Å². The number of benzene rings is 3. The summed E-state index contributed by atoms with van der Waals surface area (Å²) in [5, 5.41) is 8.71. The number of sulfonamides is 1. The molecular formula is C31H16F7N5O3S. The number of pyridine rings is 1. The van der Waals surface area contributed by atoms with Gasteiger partial charge in [0.15, 0.2) is 28.2 Å². The molecule has 3 aromatic carbocycles. The number of hydrogen-bond donors (Lipinski definition) is 1. The Labute approximate surface area is 260 Å². The van der Waals surface area contributed by atoms with E-state index in [4.69, 9.17) is 5.26 Å². The van der Waals surface area contributed by atoms with Crippen LogP contribution in [0.3, 0.4) is 0 Å². The second-order valence-electron chi connectivity index (χ2n) is 10.2. The summed E-state index contributed by atoms with van der Waals surface area (Å²) in [6, 6.07) is 13.4. The van der Waals surface area contributed by atoms with Gasteiger partial charge in [-0.1, -0.05) is 6.07 Å². The van der Waals surface area contributed by atoms with Crippen LogP contribution in [0.15, 0.2) is 78.1 Å². The Bertz CT molecular complexity index is 2400. The predicted molar refractivity (Wildman–Crippen MR) is 154 cm³/mol. The average Bonchev–Trinajstić information content (AvgIpc) is 3.62. The van der Waals surface area contributed by atoms with Crippen molar-refractivity contribution in [1.82, 2.24) is 14.0 Å². The number of hydrogen-bond acceptors (Lipinski definition) is 5. The van der Waals surface area contributed by atoms with Crippen LogP contribution in [0.5, 0.6) is 0 Å². The normalized spacial score (nSPS) is 12.1. The van der Waals surface area contributed by atoms with E-state index in [1.54, 1.807) is 11.8 Å². The number of halogens is 7. The first-order valence-corrected chi connectivity index (χ1v) is 14.7. The van der Waals surface area contributed by atoms with E-state index in [1.807, 2.05) is 0 Å². The lowest BCUT2D eigenvalue weighted by atomic mass is 9.98. The Morgan fingerprint density at radius 3 is 2.17 bits per heavy atom. The van der Waals surface area contributed by atoms with Crippen LogP contribution in [0.2, 0.25) is 0 Å². The molecule has 0 aliphatic rings. The van der Waals surface area contributed by atoms with Gasteiger partial charge >= 0.3 is 6.18 Å². The summed E-state index contributed by atoms with van der Waals surface area (Å²) in [6.07, 6.45) is -1.85. The van der Waals surface area contributed by atoms with Crippen LogP contribution >= 0.6 is 0 Å². The van der Waals surface area contributed by atoms with E-state index in [-0.39, 0.29) is 39.1 Å². The third kappa shape index (κ3) is 5.14. The number of rotatable bonds is 6. The topological polar surface area (TPSA) is 109 Å². The van der Waals surface area contributed by atoms with Crippen molar-refractivity contribution in [2.24, 2.45) is 7.05 Å². The van der Waals surface area contributed by atoms with Gasteiger partial charge in [-0.25, -0.2) is 31.0 Å². The van der Waals surface area contributed by atoms with Crippen molar-refractivity contribution in [3.63, 3.8) is 0 Å². The van der Waals surface area contributed by atoms with Crippen LogP contribution in [-0.4, -0.2) is 28.2 Å². The lowest BCUT2D eigenvalue weighted by molar-refractivity contribution is -0.137. The smallest absolute Gasteiger partial charge is 0.334 e. The highest BCUT2D eigenvalue weighted by atomic mass is 32.2. The first-order chi connectivity index (χ1) is 22.1. The molecule has 0 aliphatic heterocycles. The second kappa shape index (κ2) is 11.0. The minimum atomic E-state index is -5.27. The van der Waals surface area contributed by atoms with Crippen molar-refractivity contribution >= 4 is 38.0 Å². The van der Waals surface area contributed by atoms with Crippen LogP contribution in [0, 0.1) is 34.6 Å². The minimum absolute atomic E-state index is 0.0166. The van der Waals surface area contributed by atoms with Gasteiger partial charge in [-0.3, -0.25) is 9.52 Å². The lowest BCUT2D eigenvalue weighted by Gasteiger charge is -2.15. The van der Waals surface area contributed by atoms with E-state index in [0.717, 1.165) is 36.4 Å². The highest BCUT2D eigenvalue weighted by molar-refractivity contribution is 7.92. The predicted octanol–water partition coefficient (Wildman–Crippen LogP) is 6.97. The Morgan fingerprint density at radius 1 is 0.894 bits per heavy atom. The molecule has 0 saturated carbocycles. The fourth-order valence-corrected chi connectivity index (χ4v) is 6.37. The van der Waals surface area contributed by atoms with Crippen LogP contribution in [0.25, 0.3) is 27.7 Å². The molecule has 3 aromatic heterocycles. The number of carbonyl (C=O) groups excluding carboxylic acids is 1. The van der Waals surface area contributed by atoms with Gasteiger partial charge in [0.2, 0.25) is 5.78 Å². The van der Waals surface area contributed by atoms with Crippen molar-refractivity contribution in [2.75, 3.05) is 4.72 Å². The third-order valence-corrected chi connectivity index (χ3v) is 8.79. The van der Waals surface area contributed by atoms with Crippen LogP contribution < -0.4 is 4.72 Å². The maximum Gasteiger partial charge on any atom is 0.417 e. The number of ketones is 1. The number of imidazole rings is 1. The van der Waals surface area contributed by atoms with Crippen LogP contribution in [-0.2, 0) is 23.2 Å². The summed E-state index contributed by atoms with van der Waals surface area (Å²) in [7, 11) is -3.70. The average molecular weight is 672 g/mol. The van der Waals surface area contributed by atoms with Gasteiger partial charge in [-0.15, -0.1) is 0 Å². The molecule has 0 radical (unpaired) electrons. The zero-order chi connectivity index (χ0) is 34.0. The highest BCUT2D eigenvalue weighted by Crippen LogP contribution is 2.41. The first kappa shape index (κ1) is 31.3. The van der Waals surface area contributed by atoms with Crippen molar-refractivity contribution < 1.29 is 43.9 Å². The van der Waals surface area contributed by atoms with Crippen molar-refractivity contribution in [3.05, 3.63) is 119 Å². The van der Waals surface area contributed by atoms with Crippen LogP contribution in [0.4, 0.5) is 36.4 Å². The van der Waals surface area contributed by atoms with Crippen molar-refractivity contribution in [2.45, 2.75) is 11.1 Å². The molecule has 6 aromatic rings. The lowest BCUT2D eigenvalue weighted by Crippen LogP contribution is -2.19. The summed E-state index contributed by atoms with van der Waals surface area (Å²) in [6.45, 7) is 0. The molecule has 1 N–H and O–H groups in total. The number of anilines is 1. The van der Waals surface area contributed by atoms with Gasteiger partial charge in [-0.2, -0.15) is 18.4 Å². The molecule has 47 heavy (non-hydrogen) atoms. The Hall–Kier alpha value is -5.69. The summed E-state index contributed by atoms with van der Waals surface area (Å²) in [5.41, 5.74) is -1.98. The van der Waals surface area contributed by atoms with E-state index in [0.29, 0.717) is 5.52 Å². The minimum Gasteiger partial charge on any atom is -0.334 e. The van der Waals surface area contributed by atoms with E-state index in [1.165, 1.54) is 51.8 Å². The second-order valence-corrected chi connectivity index (χ2v) is 11.8. The molecule has 0 spiro atoms. The molecular weight excluding hydrogens is 655 g/mol. The number of nitrogens with zero attached hydrogens (tertiary/aromatic N) is 4. The summed E-state index contributed by atoms with van der Waals surface area (Å²) in [5.74, 6) is -9.62. The number of nitrogens with one attached hydrogen (secondary N) is 1. The third-order valence-electron chi connectivity index (χ3n) is 7.39. The van der Waals surface area contributed by atoms with E-state index >= 15 is 0 Å². The fraction of sp³-hybridized carbons (Fsp3) is 0.0645. The fourth-order valence-electron chi connectivity index (χ4n) is 5.17. The molecule has 6 rings (SSSR count). The number of alkyl halides is 3. The van der Waals surface area contributed by atoms with Crippen molar-refractivity contribution in [3.8, 4) is 17.2 Å². The largest absolute Gasteiger partial charge is 0.417 e. The van der Waals surface area contributed by atoms with Gasteiger partial charge in [0.05, 0.1) is 34.1 Å². The summed E-state index contributed by atoms with van der Waals surface area (Å²) >= 11 is 0. The quantitative estimate of drug-likeness (QED) is 0.117. The molecule has 0 amide bonds.